The van der Waals surface area contributed by atoms with Gasteiger partial charge < -0.3 is 25.2 Å². The lowest BCUT2D eigenvalue weighted by Gasteiger charge is -2.38. The molecular formula is C31H37FN2O6. The molecule has 1 aromatic rings. The van der Waals surface area contributed by atoms with Crippen LogP contribution >= 0.6 is 0 Å². The first kappa shape index (κ1) is 29.1. The second-order valence-electron chi connectivity index (χ2n) is 11.4. The zero-order valence-electron chi connectivity index (χ0n) is 23.2. The van der Waals surface area contributed by atoms with E-state index in [1.165, 1.54) is 13.2 Å². The molecule has 8 nitrogen and oxygen atoms in total. The van der Waals surface area contributed by atoms with Crippen molar-refractivity contribution in [2.24, 2.45) is 10.8 Å². The van der Waals surface area contributed by atoms with Gasteiger partial charge >= 0.3 is 5.97 Å². The third-order valence-corrected chi connectivity index (χ3v) is 8.22. The molecule has 0 unspecified atom stereocenters. The van der Waals surface area contributed by atoms with Crippen molar-refractivity contribution in [2.45, 2.75) is 64.9 Å². The van der Waals surface area contributed by atoms with E-state index < -0.39 is 23.1 Å². The van der Waals surface area contributed by atoms with Crippen LogP contribution in [0.5, 0.6) is 11.5 Å². The van der Waals surface area contributed by atoms with Crippen LogP contribution in [0.2, 0.25) is 0 Å². The van der Waals surface area contributed by atoms with Crippen molar-refractivity contribution >= 4 is 17.8 Å². The van der Waals surface area contributed by atoms with Gasteiger partial charge in [0.25, 0.3) is 11.8 Å². The van der Waals surface area contributed by atoms with Crippen molar-refractivity contribution in [3.8, 4) is 11.5 Å². The summed E-state index contributed by atoms with van der Waals surface area (Å²) >= 11 is 0. The number of rotatable bonds is 9. The van der Waals surface area contributed by atoms with E-state index in [0.717, 1.165) is 25.3 Å². The van der Waals surface area contributed by atoms with E-state index in [-0.39, 0.29) is 45.8 Å². The van der Waals surface area contributed by atoms with Crippen LogP contribution in [0.25, 0.3) is 0 Å². The number of carbonyl (C=O) groups is 3. The van der Waals surface area contributed by atoms with Gasteiger partial charge in [0.1, 0.15) is 5.75 Å². The number of carboxylic acids is 1. The van der Waals surface area contributed by atoms with Crippen LogP contribution in [-0.4, -0.2) is 42.6 Å². The van der Waals surface area contributed by atoms with Gasteiger partial charge in [-0.15, -0.1) is 0 Å². The second kappa shape index (κ2) is 12.1. The first-order valence-electron chi connectivity index (χ1n) is 13.7. The Hall–Kier alpha value is -3.88. The molecule has 0 atom stereocenters. The predicted molar refractivity (Wildman–Crippen MR) is 148 cm³/mol. The molecule has 4 rings (SSSR count). The van der Waals surface area contributed by atoms with E-state index in [1.807, 2.05) is 0 Å². The molecule has 3 N–H and O–H groups in total. The minimum atomic E-state index is -0.853. The van der Waals surface area contributed by atoms with Gasteiger partial charge in [-0.1, -0.05) is 37.6 Å². The van der Waals surface area contributed by atoms with Crippen LogP contribution in [0.3, 0.4) is 0 Å². The fourth-order valence-corrected chi connectivity index (χ4v) is 5.17. The Morgan fingerprint density at radius 2 is 1.65 bits per heavy atom. The first-order chi connectivity index (χ1) is 19.0. The molecule has 9 heteroatoms. The van der Waals surface area contributed by atoms with Crippen LogP contribution in [0.1, 0.15) is 69.2 Å². The molecule has 0 bridgehead atoms. The van der Waals surface area contributed by atoms with Gasteiger partial charge in [0, 0.05) is 12.6 Å². The van der Waals surface area contributed by atoms with Gasteiger partial charge in [-0.25, -0.2) is 4.39 Å². The highest BCUT2D eigenvalue weighted by Gasteiger charge is 2.38. The maximum absolute atomic E-state index is 14.9. The average molecular weight is 553 g/mol. The minimum Gasteiger partial charge on any atom is -0.496 e. The van der Waals surface area contributed by atoms with Crippen molar-refractivity contribution in [3.05, 3.63) is 71.2 Å². The van der Waals surface area contributed by atoms with E-state index in [4.69, 9.17) is 9.47 Å². The smallest absolute Gasteiger partial charge is 0.309 e. The van der Waals surface area contributed by atoms with Crippen molar-refractivity contribution in [1.29, 1.82) is 0 Å². The van der Waals surface area contributed by atoms with E-state index in [1.54, 1.807) is 43.4 Å². The third kappa shape index (κ3) is 6.63. The Kier molecular flexibility index (Phi) is 8.81. The lowest BCUT2D eigenvalue weighted by molar-refractivity contribution is -0.150. The van der Waals surface area contributed by atoms with E-state index in [9.17, 15) is 23.9 Å². The zero-order chi connectivity index (χ0) is 28.9. The standard InChI is InChI=1S/C31H37FN2O6/c1-30(13-8-14-30)19-33-27(35)21-9-6-4-5-7-10-24(21)34-28(36)22-17-26(23(32)18-25(22)39-3)40-20-11-15-31(2,16-12-20)29(37)38/h4-7,9-10,17-18,20H,8,11-16,19H2,1-3H3,(H,33,35)(H,34,36)(H,37,38)/b5-4?,6-4-,7-5-,9-6?,10-7?,21-9?,24-10?,24-21?. The van der Waals surface area contributed by atoms with Gasteiger partial charge in [-0.3, -0.25) is 14.4 Å². The first-order valence-corrected chi connectivity index (χ1v) is 13.7. The molecule has 2 saturated carbocycles. The Labute approximate surface area is 234 Å². The predicted octanol–water partition coefficient (Wildman–Crippen LogP) is 5.22. The summed E-state index contributed by atoms with van der Waals surface area (Å²) in [4.78, 5) is 38.2. The van der Waals surface area contributed by atoms with E-state index >= 15 is 0 Å². The topological polar surface area (TPSA) is 114 Å². The Morgan fingerprint density at radius 1 is 0.975 bits per heavy atom. The average Bonchev–Trinajstić information content (AvgIpc) is 2.89. The van der Waals surface area contributed by atoms with Gasteiger partial charge in [-0.05, 0) is 69.1 Å². The highest BCUT2D eigenvalue weighted by molar-refractivity contribution is 6.03. The Balaban J connectivity index is 1.51. The van der Waals surface area contributed by atoms with Gasteiger partial charge in [-0.2, -0.15) is 0 Å². The number of amides is 2. The summed E-state index contributed by atoms with van der Waals surface area (Å²) in [5.41, 5.74) is -0.127. The largest absolute Gasteiger partial charge is 0.496 e. The molecule has 2 amide bonds. The Bertz CT molecular complexity index is 1280. The molecule has 3 aliphatic rings. The van der Waals surface area contributed by atoms with E-state index in [0.29, 0.717) is 32.2 Å². The molecule has 3 aliphatic carbocycles. The second-order valence-corrected chi connectivity index (χ2v) is 11.4. The summed E-state index contributed by atoms with van der Waals surface area (Å²) in [5.74, 6) is -2.56. The third-order valence-electron chi connectivity index (χ3n) is 8.22. The fourth-order valence-electron chi connectivity index (χ4n) is 5.17. The number of hydrogen-bond acceptors (Lipinski definition) is 5. The number of nitrogens with one attached hydrogen (secondary N) is 2. The van der Waals surface area contributed by atoms with Crippen molar-refractivity contribution in [3.63, 3.8) is 0 Å². The molecule has 0 saturated heterocycles. The number of benzene rings is 1. The maximum Gasteiger partial charge on any atom is 0.309 e. The highest BCUT2D eigenvalue weighted by atomic mass is 19.1. The summed E-state index contributed by atoms with van der Waals surface area (Å²) < 4.78 is 26.1. The summed E-state index contributed by atoms with van der Waals surface area (Å²) in [6.45, 7) is 4.39. The number of aliphatic carboxylic acids is 1. The van der Waals surface area contributed by atoms with Crippen LogP contribution in [0, 0.1) is 16.6 Å². The molecule has 1 aromatic carbocycles. The number of ether oxygens (including phenoxy) is 2. The van der Waals surface area contributed by atoms with Crippen LogP contribution in [0.15, 0.2) is 59.9 Å². The number of carboxylic acid groups (broad SMARTS) is 1. The van der Waals surface area contributed by atoms with Crippen LogP contribution < -0.4 is 20.1 Å². The summed E-state index contributed by atoms with van der Waals surface area (Å²) in [7, 11) is 1.34. The molecule has 2 fully saturated rings. The number of hydrogen-bond donors (Lipinski definition) is 3. The number of methoxy groups -OCH3 is 1. The highest BCUT2D eigenvalue weighted by Crippen LogP contribution is 2.40. The zero-order valence-corrected chi connectivity index (χ0v) is 23.2. The molecule has 0 aromatic heterocycles. The number of carbonyl (C=O) groups excluding carboxylic acids is 2. The normalized spacial score (nSPS) is 25.1. The van der Waals surface area contributed by atoms with Gasteiger partial charge in [0.05, 0.1) is 35.5 Å². The van der Waals surface area contributed by atoms with Gasteiger partial charge in [0.15, 0.2) is 11.6 Å². The monoisotopic (exact) mass is 552 g/mol. The summed E-state index contributed by atoms with van der Waals surface area (Å²) in [6.07, 6.45) is 14.9. The number of allylic oxidation sites excluding steroid dienone is 6. The quantitative estimate of drug-likeness (QED) is 0.387. The molecule has 0 aliphatic heterocycles. The number of halogens is 1. The molecule has 0 heterocycles. The lowest BCUT2D eigenvalue weighted by Crippen LogP contribution is -2.41. The maximum atomic E-state index is 14.9. The molecular weight excluding hydrogens is 515 g/mol. The molecule has 214 valence electrons. The van der Waals surface area contributed by atoms with Crippen molar-refractivity contribution < 1.29 is 33.4 Å². The SMILES string of the molecule is COc1cc(F)c(OC2CCC(C)(C(=O)O)CC2)cc1C(=O)NC1=C/C=C\C=C/C=C1C(=O)NCC1(C)CCC1. The summed E-state index contributed by atoms with van der Waals surface area (Å²) in [5, 5.41) is 15.3. The van der Waals surface area contributed by atoms with Crippen molar-refractivity contribution in [2.75, 3.05) is 13.7 Å². The van der Waals surface area contributed by atoms with E-state index in [2.05, 4.69) is 17.6 Å². The van der Waals surface area contributed by atoms with Crippen LogP contribution in [-0.2, 0) is 9.59 Å². The Morgan fingerprint density at radius 3 is 2.25 bits per heavy atom. The lowest BCUT2D eigenvalue weighted by atomic mass is 9.70. The fraction of sp³-hybridized carbons (Fsp3) is 0.452. The summed E-state index contributed by atoms with van der Waals surface area (Å²) in [6, 6.07) is 2.38. The van der Waals surface area contributed by atoms with Crippen LogP contribution in [0.4, 0.5) is 4.39 Å². The van der Waals surface area contributed by atoms with Crippen molar-refractivity contribution in [1.82, 2.24) is 10.6 Å². The minimum absolute atomic E-state index is 0.0132. The molecule has 40 heavy (non-hydrogen) atoms. The molecule has 0 spiro atoms. The molecule has 0 radical (unpaired) electrons. The van der Waals surface area contributed by atoms with Gasteiger partial charge in [0.2, 0.25) is 0 Å².